The number of aliphatic carboxylic acids is 1. The first kappa shape index (κ1) is 39.4. The van der Waals surface area contributed by atoms with Crippen LogP contribution in [0, 0.1) is 11.8 Å². The lowest BCUT2D eigenvalue weighted by molar-refractivity contribution is -0.170. The lowest BCUT2D eigenvalue weighted by atomic mass is 9.99. The molecule has 2 amide bonds. The van der Waals surface area contributed by atoms with Crippen LogP contribution in [0.1, 0.15) is 94.9 Å². The van der Waals surface area contributed by atoms with E-state index < -0.39 is 97.4 Å². The van der Waals surface area contributed by atoms with Crippen LogP contribution in [0.2, 0.25) is 0 Å². The van der Waals surface area contributed by atoms with Crippen LogP contribution in [0.4, 0.5) is 9.59 Å². The zero-order chi connectivity index (χ0) is 33.5. The first-order chi connectivity index (χ1) is 19.7. The lowest BCUT2D eigenvalue weighted by Crippen LogP contribution is -2.50. The van der Waals surface area contributed by atoms with E-state index in [1.807, 2.05) is 6.92 Å². The minimum absolute atomic E-state index is 0.359. The Hall–Kier alpha value is -3.58. The van der Waals surface area contributed by atoms with Crippen LogP contribution >= 0.6 is 0 Å². The Balaban J connectivity index is 5.81. The SMILES string of the molecule is CCC(C)[C@H](NC(=O)OC(C)(C)C)C(=O)OCC(COC(=O)CCC(=O)O)OC(=O)[C@@H](NC(=O)OC(C)(C)C)C(C)CC. The highest BCUT2D eigenvalue weighted by Gasteiger charge is 2.34. The van der Waals surface area contributed by atoms with E-state index in [1.165, 1.54) is 0 Å². The van der Waals surface area contributed by atoms with E-state index in [-0.39, 0.29) is 5.92 Å². The summed E-state index contributed by atoms with van der Waals surface area (Å²) in [7, 11) is 0. The summed E-state index contributed by atoms with van der Waals surface area (Å²) >= 11 is 0. The first-order valence-corrected chi connectivity index (χ1v) is 14.4. The number of alkyl carbamates (subject to hydrolysis) is 2. The smallest absolute Gasteiger partial charge is 0.408 e. The molecule has 248 valence electrons. The van der Waals surface area contributed by atoms with Gasteiger partial charge in [0.1, 0.15) is 36.5 Å². The molecule has 0 aromatic carbocycles. The predicted molar refractivity (Wildman–Crippen MR) is 154 cm³/mol. The molecule has 0 saturated carbocycles. The summed E-state index contributed by atoms with van der Waals surface area (Å²) in [4.78, 5) is 73.8. The quantitative estimate of drug-likeness (QED) is 0.168. The fourth-order valence-corrected chi connectivity index (χ4v) is 3.29. The van der Waals surface area contributed by atoms with Gasteiger partial charge in [-0.3, -0.25) is 9.59 Å². The minimum atomic E-state index is -1.32. The van der Waals surface area contributed by atoms with E-state index in [1.54, 1.807) is 62.3 Å². The van der Waals surface area contributed by atoms with Crippen molar-refractivity contribution in [3.8, 4) is 0 Å². The molecule has 3 unspecified atom stereocenters. The molecule has 0 aromatic heterocycles. The number of hydrogen-bond donors (Lipinski definition) is 3. The molecule has 5 atom stereocenters. The van der Waals surface area contributed by atoms with Gasteiger partial charge in [-0.15, -0.1) is 0 Å². The number of nitrogens with one attached hydrogen (secondary N) is 2. The summed E-state index contributed by atoms with van der Waals surface area (Å²) in [5.41, 5.74) is -1.63. The molecule has 3 N–H and O–H groups in total. The summed E-state index contributed by atoms with van der Waals surface area (Å²) in [5.74, 6) is -4.56. The van der Waals surface area contributed by atoms with Crippen LogP contribution in [0.5, 0.6) is 0 Å². The molecular weight excluding hydrogens is 568 g/mol. The normalized spacial score (nSPS) is 15.0. The second kappa shape index (κ2) is 18.2. The highest BCUT2D eigenvalue weighted by atomic mass is 16.6. The van der Waals surface area contributed by atoms with Crippen molar-refractivity contribution < 1.29 is 57.6 Å². The highest BCUT2D eigenvalue weighted by molar-refractivity contribution is 5.83. The molecule has 14 heteroatoms. The van der Waals surface area contributed by atoms with Crippen LogP contribution in [-0.2, 0) is 42.9 Å². The van der Waals surface area contributed by atoms with Gasteiger partial charge in [-0.1, -0.05) is 40.5 Å². The fourth-order valence-electron chi connectivity index (χ4n) is 3.29. The molecule has 14 nitrogen and oxygen atoms in total. The number of carboxylic acids is 1. The zero-order valence-corrected chi connectivity index (χ0v) is 27.1. The van der Waals surface area contributed by atoms with Crippen molar-refractivity contribution in [1.82, 2.24) is 10.6 Å². The number of carbonyl (C=O) groups is 6. The Bertz CT molecular complexity index is 954. The van der Waals surface area contributed by atoms with Gasteiger partial charge in [-0.2, -0.15) is 0 Å². The van der Waals surface area contributed by atoms with Gasteiger partial charge in [0.15, 0.2) is 6.10 Å². The number of rotatable bonds is 16. The topological polar surface area (TPSA) is 193 Å². The van der Waals surface area contributed by atoms with Crippen molar-refractivity contribution >= 4 is 36.1 Å². The van der Waals surface area contributed by atoms with Crippen LogP contribution in [0.15, 0.2) is 0 Å². The monoisotopic (exact) mass is 618 g/mol. The van der Waals surface area contributed by atoms with Crippen molar-refractivity contribution in [1.29, 1.82) is 0 Å². The number of amides is 2. The van der Waals surface area contributed by atoms with E-state index in [9.17, 15) is 28.8 Å². The van der Waals surface area contributed by atoms with Crippen LogP contribution in [0.25, 0.3) is 0 Å². The van der Waals surface area contributed by atoms with Crippen LogP contribution in [-0.4, -0.2) is 83.8 Å². The summed E-state index contributed by atoms with van der Waals surface area (Å²) in [6.45, 7) is 15.9. The third-order valence-electron chi connectivity index (χ3n) is 5.95. The van der Waals surface area contributed by atoms with Gasteiger partial charge < -0.3 is 39.4 Å². The van der Waals surface area contributed by atoms with Crippen molar-refractivity contribution in [3.05, 3.63) is 0 Å². The predicted octanol–water partition coefficient (Wildman–Crippen LogP) is 3.73. The van der Waals surface area contributed by atoms with Gasteiger partial charge in [0.2, 0.25) is 0 Å². The van der Waals surface area contributed by atoms with Gasteiger partial charge in [-0.25, -0.2) is 19.2 Å². The Morgan fingerprint density at radius 1 is 0.674 bits per heavy atom. The summed E-state index contributed by atoms with van der Waals surface area (Å²) in [5, 5.41) is 13.8. The number of hydrogen-bond acceptors (Lipinski definition) is 11. The molecule has 0 fully saturated rings. The Morgan fingerprint density at radius 2 is 1.09 bits per heavy atom. The molecule has 0 aliphatic heterocycles. The van der Waals surface area contributed by atoms with Crippen molar-refractivity contribution in [2.45, 2.75) is 124 Å². The maximum atomic E-state index is 13.2. The molecule has 0 aliphatic rings. The molecule has 0 saturated heterocycles. The van der Waals surface area contributed by atoms with Gasteiger partial charge >= 0.3 is 36.1 Å². The maximum absolute atomic E-state index is 13.2. The van der Waals surface area contributed by atoms with Gasteiger partial charge in [0.05, 0.1) is 12.8 Å². The molecule has 0 rings (SSSR count). The molecule has 0 aliphatic carbocycles. The van der Waals surface area contributed by atoms with E-state index >= 15 is 0 Å². The minimum Gasteiger partial charge on any atom is -0.481 e. The lowest BCUT2D eigenvalue weighted by Gasteiger charge is -2.28. The third kappa shape index (κ3) is 17.9. The van der Waals surface area contributed by atoms with Crippen molar-refractivity contribution in [2.75, 3.05) is 13.2 Å². The standard InChI is InChI=1S/C29H50N2O12/c1-11-17(3)22(30-26(37)42-28(5,6)7)24(35)40-16-19(15-39-21(34)14-13-20(32)33)41-25(36)23(18(4)12-2)31-27(38)43-29(8,9)10/h17-19,22-23H,11-16H2,1-10H3,(H,30,37)(H,31,38)(H,32,33)/t17?,18?,19?,22-,23-/m0/s1. The van der Waals surface area contributed by atoms with Crippen molar-refractivity contribution in [3.63, 3.8) is 0 Å². The molecule has 0 aromatic rings. The van der Waals surface area contributed by atoms with E-state index in [2.05, 4.69) is 10.6 Å². The molecule has 43 heavy (non-hydrogen) atoms. The maximum Gasteiger partial charge on any atom is 0.408 e. The molecule has 0 spiro atoms. The number of ether oxygens (including phenoxy) is 5. The average Bonchev–Trinajstić information content (AvgIpc) is 2.87. The summed E-state index contributed by atoms with van der Waals surface area (Å²) in [6.07, 6.45) is -2.91. The molecule has 0 heterocycles. The Kier molecular flexibility index (Phi) is 16.7. The summed E-state index contributed by atoms with van der Waals surface area (Å²) in [6, 6.07) is -2.25. The first-order valence-electron chi connectivity index (χ1n) is 14.4. The second-order valence-corrected chi connectivity index (χ2v) is 12.3. The van der Waals surface area contributed by atoms with Gasteiger partial charge in [0.25, 0.3) is 0 Å². The van der Waals surface area contributed by atoms with Gasteiger partial charge in [-0.05, 0) is 53.4 Å². The highest BCUT2D eigenvalue weighted by Crippen LogP contribution is 2.16. The molecule has 0 bridgehead atoms. The van der Waals surface area contributed by atoms with E-state index in [4.69, 9.17) is 28.8 Å². The largest absolute Gasteiger partial charge is 0.481 e. The molecular formula is C29H50N2O12. The average molecular weight is 619 g/mol. The third-order valence-corrected chi connectivity index (χ3v) is 5.95. The Morgan fingerprint density at radius 3 is 1.49 bits per heavy atom. The van der Waals surface area contributed by atoms with E-state index in [0.29, 0.717) is 12.8 Å². The zero-order valence-electron chi connectivity index (χ0n) is 27.1. The second-order valence-electron chi connectivity index (χ2n) is 12.3. The Labute approximate surface area is 253 Å². The fraction of sp³-hybridized carbons (Fsp3) is 0.793. The van der Waals surface area contributed by atoms with Crippen LogP contribution in [0.3, 0.4) is 0 Å². The number of esters is 3. The van der Waals surface area contributed by atoms with Crippen LogP contribution < -0.4 is 10.6 Å². The summed E-state index contributed by atoms with van der Waals surface area (Å²) < 4.78 is 26.5. The molecule has 0 radical (unpaired) electrons. The number of carbonyl (C=O) groups excluding carboxylic acids is 5. The van der Waals surface area contributed by atoms with Gasteiger partial charge in [0, 0.05) is 0 Å². The number of carboxylic acid groups (broad SMARTS) is 1. The van der Waals surface area contributed by atoms with E-state index in [0.717, 1.165) is 0 Å². The van der Waals surface area contributed by atoms with Crippen molar-refractivity contribution in [2.24, 2.45) is 11.8 Å².